The van der Waals surface area contributed by atoms with Gasteiger partial charge in [0.2, 0.25) is 0 Å². The molecule has 0 saturated heterocycles. The van der Waals surface area contributed by atoms with Gasteiger partial charge in [-0.2, -0.15) is 5.10 Å². The first-order valence-electron chi connectivity index (χ1n) is 5.51. The molecule has 3 N–H and O–H groups in total. The van der Waals surface area contributed by atoms with Crippen LogP contribution in [0.3, 0.4) is 0 Å². The predicted molar refractivity (Wildman–Crippen MR) is 84.1 cm³/mol. The highest BCUT2D eigenvalue weighted by Gasteiger charge is 2.07. The fourth-order valence-electron chi connectivity index (χ4n) is 1.55. The Labute approximate surface area is 124 Å². The second-order valence-corrected chi connectivity index (χ2v) is 5.21. The van der Waals surface area contributed by atoms with Crippen LogP contribution in [0.5, 0.6) is 0 Å². The van der Waals surface area contributed by atoms with Crippen molar-refractivity contribution in [1.29, 1.82) is 0 Å². The van der Waals surface area contributed by atoms with Crippen molar-refractivity contribution in [2.45, 2.75) is 6.92 Å². The lowest BCUT2D eigenvalue weighted by Gasteiger charge is -2.01. The van der Waals surface area contributed by atoms with E-state index in [9.17, 15) is 0 Å². The van der Waals surface area contributed by atoms with Crippen molar-refractivity contribution in [3.8, 4) is 11.3 Å². The number of nitrogens with zero attached hydrogens (tertiary/aromatic N) is 1. The van der Waals surface area contributed by atoms with Gasteiger partial charge in [-0.3, -0.25) is 5.43 Å². The number of thiocarbonyl (C=S) groups is 1. The first-order chi connectivity index (χ1) is 9.06. The zero-order valence-electron chi connectivity index (χ0n) is 10.2. The van der Waals surface area contributed by atoms with Gasteiger partial charge in [0.25, 0.3) is 0 Å². The number of aryl methyl sites for hydroxylation is 1. The zero-order chi connectivity index (χ0) is 13.8. The Morgan fingerprint density at radius 2 is 2.21 bits per heavy atom. The molecule has 4 nitrogen and oxygen atoms in total. The molecule has 2 rings (SSSR count). The van der Waals surface area contributed by atoms with Crippen LogP contribution in [0.15, 0.2) is 44.3 Å². The molecule has 0 fully saturated rings. The van der Waals surface area contributed by atoms with Gasteiger partial charge in [0.05, 0.1) is 6.21 Å². The molecule has 0 bridgehead atoms. The lowest BCUT2D eigenvalue weighted by molar-refractivity contribution is 0.574. The van der Waals surface area contributed by atoms with Crippen LogP contribution in [0.25, 0.3) is 11.3 Å². The summed E-state index contributed by atoms with van der Waals surface area (Å²) in [5, 5.41) is 3.95. The summed E-state index contributed by atoms with van der Waals surface area (Å²) >= 11 is 8.16. The molecule has 19 heavy (non-hydrogen) atoms. The number of halogens is 1. The Hall–Kier alpha value is -1.66. The number of nitrogens with two attached hydrogens (primary N) is 1. The molecule has 0 aliphatic rings. The summed E-state index contributed by atoms with van der Waals surface area (Å²) in [6.45, 7) is 2.04. The van der Waals surface area contributed by atoms with Gasteiger partial charge in [0.1, 0.15) is 11.5 Å². The quantitative estimate of drug-likeness (QED) is 0.513. The second-order valence-electron chi connectivity index (χ2n) is 3.92. The van der Waals surface area contributed by atoms with Crippen LogP contribution in [0, 0.1) is 6.92 Å². The number of rotatable bonds is 3. The van der Waals surface area contributed by atoms with Crippen molar-refractivity contribution >= 4 is 39.5 Å². The van der Waals surface area contributed by atoms with Gasteiger partial charge in [-0.25, -0.2) is 0 Å². The highest BCUT2D eigenvalue weighted by Crippen LogP contribution is 2.30. The summed E-state index contributed by atoms with van der Waals surface area (Å²) in [6, 6.07) is 9.79. The third kappa shape index (κ3) is 3.65. The third-order valence-electron chi connectivity index (χ3n) is 2.38. The Morgan fingerprint density at radius 1 is 1.42 bits per heavy atom. The Balaban J connectivity index is 2.21. The van der Waals surface area contributed by atoms with Crippen LogP contribution in [-0.2, 0) is 0 Å². The molecule has 0 aliphatic carbocycles. The summed E-state index contributed by atoms with van der Waals surface area (Å²) in [7, 11) is 0. The molecule has 2 aromatic rings. The van der Waals surface area contributed by atoms with Gasteiger partial charge < -0.3 is 10.2 Å². The van der Waals surface area contributed by atoms with Crippen LogP contribution < -0.4 is 11.2 Å². The number of nitrogens with one attached hydrogen (secondary N) is 1. The summed E-state index contributed by atoms with van der Waals surface area (Å²) in [4.78, 5) is 0. The van der Waals surface area contributed by atoms with Gasteiger partial charge in [0.15, 0.2) is 5.11 Å². The van der Waals surface area contributed by atoms with E-state index in [0.717, 1.165) is 15.8 Å². The van der Waals surface area contributed by atoms with Crippen LogP contribution in [0.4, 0.5) is 0 Å². The van der Waals surface area contributed by atoms with Crippen molar-refractivity contribution in [3.05, 3.63) is 46.1 Å². The molecule has 1 aromatic heterocycles. The van der Waals surface area contributed by atoms with Crippen molar-refractivity contribution in [3.63, 3.8) is 0 Å². The van der Waals surface area contributed by atoms with Crippen LogP contribution in [-0.4, -0.2) is 11.3 Å². The maximum atomic E-state index is 5.67. The Kier molecular flexibility index (Phi) is 4.34. The molecule has 0 spiro atoms. The van der Waals surface area contributed by atoms with E-state index >= 15 is 0 Å². The minimum absolute atomic E-state index is 0.115. The van der Waals surface area contributed by atoms with Gasteiger partial charge in [-0.15, -0.1) is 0 Å². The van der Waals surface area contributed by atoms with E-state index in [1.165, 1.54) is 11.8 Å². The first kappa shape index (κ1) is 13.8. The van der Waals surface area contributed by atoms with E-state index in [0.29, 0.717) is 5.76 Å². The molecular weight excluding hydrogens is 326 g/mol. The van der Waals surface area contributed by atoms with Crippen molar-refractivity contribution in [1.82, 2.24) is 5.43 Å². The molecule has 98 valence electrons. The molecule has 0 atom stereocenters. The van der Waals surface area contributed by atoms with E-state index in [-0.39, 0.29) is 5.11 Å². The average Bonchev–Trinajstić information content (AvgIpc) is 2.77. The Morgan fingerprint density at radius 3 is 2.89 bits per heavy atom. The number of hydrazone groups is 1. The molecule has 1 aromatic carbocycles. The number of benzene rings is 1. The summed E-state index contributed by atoms with van der Waals surface area (Å²) in [6.07, 6.45) is 1.52. The van der Waals surface area contributed by atoms with Gasteiger partial charge in [-0.05, 0) is 49.0 Å². The topological polar surface area (TPSA) is 63.5 Å². The van der Waals surface area contributed by atoms with Crippen molar-refractivity contribution < 1.29 is 4.42 Å². The van der Waals surface area contributed by atoms with Crippen LogP contribution in [0.2, 0.25) is 0 Å². The fourth-order valence-corrected chi connectivity index (χ4v) is 2.29. The highest BCUT2D eigenvalue weighted by molar-refractivity contribution is 9.10. The van der Waals surface area contributed by atoms with Crippen LogP contribution >= 0.6 is 28.1 Å². The minimum atomic E-state index is 0.115. The SMILES string of the molecule is Cc1ccc(-c2ccc(/C=N\NC(N)=S)o2)c(Br)c1. The summed E-state index contributed by atoms with van der Waals surface area (Å²) < 4.78 is 6.66. The molecule has 6 heteroatoms. The standard InChI is InChI=1S/C13H12BrN3OS/c1-8-2-4-10(11(14)6-8)12-5-3-9(18-12)7-16-17-13(15)19/h2-7H,1H3,(H3,15,17,19)/b16-7-. The summed E-state index contributed by atoms with van der Waals surface area (Å²) in [5.41, 5.74) is 9.91. The van der Waals surface area contributed by atoms with E-state index < -0.39 is 0 Å². The van der Waals surface area contributed by atoms with Crippen molar-refractivity contribution in [2.24, 2.45) is 10.8 Å². The molecule has 0 unspecified atom stereocenters. The lowest BCUT2D eigenvalue weighted by atomic mass is 10.1. The zero-order valence-corrected chi connectivity index (χ0v) is 12.6. The Bertz CT molecular complexity index is 637. The third-order valence-corrected chi connectivity index (χ3v) is 3.13. The highest BCUT2D eigenvalue weighted by atomic mass is 79.9. The number of furan rings is 1. The smallest absolute Gasteiger partial charge is 0.184 e. The monoisotopic (exact) mass is 337 g/mol. The van der Waals surface area contributed by atoms with Crippen LogP contribution in [0.1, 0.15) is 11.3 Å². The fraction of sp³-hybridized carbons (Fsp3) is 0.0769. The van der Waals surface area contributed by atoms with E-state index in [1.54, 1.807) is 0 Å². The maximum absolute atomic E-state index is 5.67. The lowest BCUT2D eigenvalue weighted by Crippen LogP contribution is -2.23. The second kappa shape index (κ2) is 5.99. The summed E-state index contributed by atoms with van der Waals surface area (Å²) in [5.74, 6) is 1.38. The van der Waals surface area contributed by atoms with E-state index in [2.05, 4.69) is 38.7 Å². The molecule has 0 saturated carbocycles. The van der Waals surface area contributed by atoms with Crippen molar-refractivity contribution in [2.75, 3.05) is 0 Å². The van der Waals surface area contributed by atoms with E-state index in [4.69, 9.17) is 10.2 Å². The molecular formula is C13H12BrN3OS. The average molecular weight is 338 g/mol. The predicted octanol–water partition coefficient (Wildman–Crippen LogP) is 3.18. The van der Waals surface area contributed by atoms with Gasteiger partial charge in [-0.1, -0.05) is 22.0 Å². The molecule has 0 radical (unpaired) electrons. The normalized spacial score (nSPS) is 10.8. The molecule has 0 aliphatic heterocycles. The largest absolute Gasteiger partial charge is 0.455 e. The maximum Gasteiger partial charge on any atom is 0.184 e. The first-order valence-corrected chi connectivity index (χ1v) is 6.71. The molecule has 0 amide bonds. The van der Waals surface area contributed by atoms with E-state index in [1.807, 2.05) is 37.3 Å². The van der Waals surface area contributed by atoms with Gasteiger partial charge in [0, 0.05) is 10.0 Å². The number of hydrogen-bond donors (Lipinski definition) is 2. The number of hydrogen-bond acceptors (Lipinski definition) is 3. The minimum Gasteiger partial charge on any atom is -0.455 e. The molecule has 1 heterocycles. The van der Waals surface area contributed by atoms with Gasteiger partial charge >= 0.3 is 0 Å².